The number of amides is 2. The summed E-state index contributed by atoms with van der Waals surface area (Å²) in [6, 6.07) is 7.08. The van der Waals surface area contributed by atoms with Crippen molar-refractivity contribution in [2.45, 2.75) is 20.8 Å². The number of hydrogen-bond donors (Lipinski definition) is 2. The molecule has 2 rings (SSSR count). The van der Waals surface area contributed by atoms with Crippen molar-refractivity contribution < 1.29 is 14.3 Å². The van der Waals surface area contributed by atoms with Gasteiger partial charge >= 0.3 is 0 Å². The number of carbonyl (C=O) groups excluding carboxylic acids is 2. The average Bonchev–Trinajstić information content (AvgIpc) is 2.55. The van der Waals surface area contributed by atoms with Crippen molar-refractivity contribution in [3.63, 3.8) is 0 Å². The lowest BCUT2D eigenvalue weighted by Crippen LogP contribution is -2.41. The number of benzene rings is 1. The predicted octanol–water partition coefficient (Wildman–Crippen LogP) is 1.73. The summed E-state index contributed by atoms with van der Waals surface area (Å²) in [4.78, 5) is 26.9. The minimum atomic E-state index is -0.514. The van der Waals surface area contributed by atoms with E-state index in [0.717, 1.165) is 32.8 Å². The number of carbonyl (C=O) groups is 2. The van der Waals surface area contributed by atoms with Gasteiger partial charge in [0.05, 0.1) is 24.5 Å². The summed E-state index contributed by atoms with van der Waals surface area (Å²) in [5.74, 6) is -0.288. The first-order chi connectivity index (χ1) is 11.4. The highest BCUT2D eigenvalue weighted by molar-refractivity contribution is 6.04. The molecule has 1 heterocycles. The van der Waals surface area contributed by atoms with Gasteiger partial charge in [0.2, 0.25) is 5.91 Å². The zero-order chi connectivity index (χ0) is 17.6. The van der Waals surface area contributed by atoms with Crippen LogP contribution in [0.5, 0.6) is 0 Å². The fourth-order valence-corrected chi connectivity index (χ4v) is 2.35. The molecule has 1 saturated heterocycles. The largest absolute Gasteiger partial charge is 0.379 e. The highest BCUT2D eigenvalue weighted by Crippen LogP contribution is 2.20. The zero-order valence-corrected chi connectivity index (χ0v) is 14.7. The van der Waals surface area contributed by atoms with Crippen molar-refractivity contribution in [1.82, 2.24) is 10.2 Å². The first-order valence-electron chi connectivity index (χ1n) is 8.37. The number of hydrogen-bond acceptors (Lipinski definition) is 4. The minimum absolute atomic E-state index is 0.115. The Hall–Kier alpha value is -1.92. The first kappa shape index (κ1) is 18.4. The highest BCUT2D eigenvalue weighted by Gasteiger charge is 2.23. The molecule has 1 aromatic rings. The summed E-state index contributed by atoms with van der Waals surface area (Å²) in [5.41, 5.74) is 0.512. The van der Waals surface area contributed by atoms with Crippen molar-refractivity contribution >= 4 is 17.5 Å². The van der Waals surface area contributed by atoms with Crippen LogP contribution in [0.1, 0.15) is 31.1 Å². The molecule has 24 heavy (non-hydrogen) atoms. The van der Waals surface area contributed by atoms with Crippen LogP contribution >= 0.6 is 0 Å². The molecule has 2 amide bonds. The van der Waals surface area contributed by atoms with E-state index in [1.807, 2.05) is 26.8 Å². The Labute approximate surface area is 143 Å². The molecule has 0 saturated carbocycles. The molecule has 0 aromatic heterocycles. The topological polar surface area (TPSA) is 70.7 Å². The maximum atomic E-state index is 12.4. The van der Waals surface area contributed by atoms with Crippen LogP contribution in [0, 0.1) is 5.41 Å². The van der Waals surface area contributed by atoms with E-state index in [1.54, 1.807) is 18.2 Å². The zero-order valence-electron chi connectivity index (χ0n) is 14.7. The molecule has 132 valence electrons. The molecule has 0 atom stereocenters. The van der Waals surface area contributed by atoms with Gasteiger partial charge in [-0.1, -0.05) is 32.9 Å². The Morgan fingerprint density at radius 3 is 2.50 bits per heavy atom. The van der Waals surface area contributed by atoms with Gasteiger partial charge in [0.25, 0.3) is 5.91 Å². The molecule has 1 aliphatic heterocycles. The van der Waals surface area contributed by atoms with Crippen LogP contribution < -0.4 is 10.6 Å². The van der Waals surface area contributed by atoms with Crippen molar-refractivity contribution in [3.05, 3.63) is 29.8 Å². The monoisotopic (exact) mass is 333 g/mol. The number of nitrogens with one attached hydrogen (secondary N) is 2. The summed E-state index contributed by atoms with van der Waals surface area (Å²) in [5, 5.41) is 5.77. The quantitative estimate of drug-likeness (QED) is 0.861. The minimum Gasteiger partial charge on any atom is -0.379 e. The van der Waals surface area contributed by atoms with E-state index >= 15 is 0 Å². The van der Waals surface area contributed by atoms with Crippen molar-refractivity contribution in [2.75, 3.05) is 44.7 Å². The Morgan fingerprint density at radius 2 is 1.83 bits per heavy atom. The van der Waals surface area contributed by atoms with Crippen LogP contribution in [0.25, 0.3) is 0 Å². The molecule has 1 fully saturated rings. The van der Waals surface area contributed by atoms with Crippen LogP contribution in [-0.2, 0) is 9.53 Å². The summed E-state index contributed by atoms with van der Waals surface area (Å²) < 4.78 is 5.31. The van der Waals surface area contributed by atoms with E-state index in [-0.39, 0.29) is 11.8 Å². The lowest BCUT2D eigenvalue weighted by molar-refractivity contribution is -0.123. The number of morpholine rings is 1. The van der Waals surface area contributed by atoms with Gasteiger partial charge in [-0.3, -0.25) is 14.5 Å². The molecule has 6 heteroatoms. The molecule has 0 unspecified atom stereocenters. The molecular formula is C18H27N3O3. The van der Waals surface area contributed by atoms with Gasteiger partial charge in [0, 0.05) is 31.6 Å². The van der Waals surface area contributed by atoms with Crippen LogP contribution in [0.3, 0.4) is 0 Å². The molecule has 0 bridgehead atoms. The maximum Gasteiger partial charge on any atom is 0.253 e. The Morgan fingerprint density at radius 1 is 1.17 bits per heavy atom. The Bertz CT molecular complexity index is 575. The molecule has 1 aliphatic rings. The van der Waals surface area contributed by atoms with Gasteiger partial charge in [-0.15, -0.1) is 0 Å². The molecule has 0 radical (unpaired) electrons. The van der Waals surface area contributed by atoms with Crippen molar-refractivity contribution in [3.8, 4) is 0 Å². The summed E-state index contributed by atoms with van der Waals surface area (Å²) in [6.45, 7) is 10.2. The highest BCUT2D eigenvalue weighted by atomic mass is 16.5. The van der Waals surface area contributed by atoms with Crippen molar-refractivity contribution in [2.24, 2.45) is 5.41 Å². The summed E-state index contributed by atoms with van der Waals surface area (Å²) >= 11 is 0. The second-order valence-electron chi connectivity index (χ2n) is 6.96. The van der Waals surface area contributed by atoms with Crippen LogP contribution in [-0.4, -0.2) is 56.1 Å². The number of rotatable bonds is 5. The third kappa shape index (κ3) is 5.32. The van der Waals surface area contributed by atoms with E-state index in [4.69, 9.17) is 4.74 Å². The predicted molar refractivity (Wildman–Crippen MR) is 94.1 cm³/mol. The van der Waals surface area contributed by atoms with Crippen LogP contribution in [0.2, 0.25) is 0 Å². The van der Waals surface area contributed by atoms with Crippen molar-refractivity contribution in [1.29, 1.82) is 0 Å². The van der Waals surface area contributed by atoms with Crippen LogP contribution in [0.4, 0.5) is 5.69 Å². The molecule has 0 spiro atoms. The third-order valence-electron chi connectivity index (χ3n) is 3.92. The first-order valence-corrected chi connectivity index (χ1v) is 8.37. The lowest BCUT2D eigenvalue weighted by Gasteiger charge is -2.26. The Balaban J connectivity index is 1.92. The second kappa shape index (κ2) is 8.26. The van der Waals surface area contributed by atoms with E-state index in [1.165, 1.54) is 0 Å². The summed E-state index contributed by atoms with van der Waals surface area (Å²) in [7, 11) is 0. The van der Waals surface area contributed by atoms with Gasteiger partial charge in [-0.2, -0.15) is 0 Å². The SMILES string of the molecule is CC(C)(C)C(=O)Nc1ccccc1C(=O)NCCN1CCOCC1. The third-order valence-corrected chi connectivity index (χ3v) is 3.92. The molecule has 0 aliphatic carbocycles. The number of anilines is 1. The van der Waals surface area contributed by atoms with Gasteiger partial charge < -0.3 is 15.4 Å². The Kier molecular flexibility index (Phi) is 6.34. The van der Waals surface area contributed by atoms with E-state index in [0.29, 0.717) is 17.8 Å². The van der Waals surface area contributed by atoms with Gasteiger partial charge in [-0.05, 0) is 12.1 Å². The van der Waals surface area contributed by atoms with Gasteiger partial charge in [-0.25, -0.2) is 0 Å². The fourth-order valence-electron chi connectivity index (χ4n) is 2.35. The fraction of sp³-hybridized carbons (Fsp3) is 0.556. The van der Waals surface area contributed by atoms with E-state index in [2.05, 4.69) is 15.5 Å². The van der Waals surface area contributed by atoms with E-state index < -0.39 is 5.41 Å². The molecule has 2 N–H and O–H groups in total. The van der Waals surface area contributed by atoms with Crippen LogP contribution in [0.15, 0.2) is 24.3 Å². The number of ether oxygens (including phenoxy) is 1. The normalized spacial score (nSPS) is 15.8. The lowest BCUT2D eigenvalue weighted by atomic mass is 9.95. The number of para-hydroxylation sites is 1. The van der Waals surface area contributed by atoms with Gasteiger partial charge in [0.1, 0.15) is 0 Å². The van der Waals surface area contributed by atoms with E-state index in [9.17, 15) is 9.59 Å². The second-order valence-corrected chi connectivity index (χ2v) is 6.96. The van der Waals surface area contributed by atoms with Gasteiger partial charge in [0.15, 0.2) is 0 Å². The molecule has 6 nitrogen and oxygen atoms in total. The molecular weight excluding hydrogens is 306 g/mol. The number of nitrogens with zero attached hydrogens (tertiary/aromatic N) is 1. The smallest absolute Gasteiger partial charge is 0.253 e. The maximum absolute atomic E-state index is 12.4. The standard InChI is InChI=1S/C18H27N3O3/c1-18(2,3)17(23)20-15-7-5-4-6-14(15)16(22)19-8-9-21-10-12-24-13-11-21/h4-7H,8-13H2,1-3H3,(H,19,22)(H,20,23). The summed E-state index contributed by atoms with van der Waals surface area (Å²) in [6.07, 6.45) is 0. The molecule has 1 aromatic carbocycles. The average molecular weight is 333 g/mol.